The number of hydrogen-bond donors (Lipinski definition) is 1. The number of rotatable bonds is 1. The lowest BCUT2D eigenvalue weighted by atomic mass is 10.3. The van der Waals surface area contributed by atoms with Crippen molar-refractivity contribution in [1.82, 2.24) is 14.5 Å². The number of nitrogens with two attached hydrogens (primary N) is 1. The van der Waals surface area contributed by atoms with Crippen LogP contribution in [0.3, 0.4) is 0 Å². The first-order valence-electron chi connectivity index (χ1n) is 5.31. The van der Waals surface area contributed by atoms with Gasteiger partial charge in [0, 0.05) is 17.8 Å². The van der Waals surface area contributed by atoms with E-state index in [0.717, 1.165) is 5.39 Å². The molecule has 4 nitrogen and oxygen atoms in total. The van der Waals surface area contributed by atoms with E-state index in [0.29, 0.717) is 21.5 Å². The molecule has 3 rings (SSSR count). The smallest absolute Gasteiger partial charge is 0.159 e. The molecule has 2 N–H and O–H groups in total. The van der Waals surface area contributed by atoms with E-state index >= 15 is 0 Å². The Morgan fingerprint density at radius 1 is 1.05 bits per heavy atom. The highest BCUT2D eigenvalue weighted by Gasteiger charge is 2.14. The Bertz CT molecular complexity index is 782. The van der Waals surface area contributed by atoms with Gasteiger partial charge in [-0.1, -0.05) is 34.8 Å². The van der Waals surface area contributed by atoms with Crippen molar-refractivity contribution < 1.29 is 0 Å². The van der Waals surface area contributed by atoms with Gasteiger partial charge < -0.3 is 5.73 Å². The summed E-state index contributed by atoms with van der Waals surface area (Å²) in [7, 11) is 0. The predicted octanol–water partition coefficient (Wildman–Crippen LogP) is 3.96. The highest BCUT2D eigenvalue weighted by atomic mass is 35.5. The summed E-state index contributed by atoms with van der Waals surface area (Å²) >= 11 is 18.2. The standard InChI is InChI=1S/C12H7Cl3N4/c13-7-1-3-17-11-6(7)2-4-19(11)12-9(15)10(16)8(14)5-18-12/h1-5H,(H2,16,18). The highest BCUT2D eigenvalue weighted by Crippen LogP contribution is 2.33. The quantitative estimate of drug-likeness (QED) is 0.739. The van der Waals surface area contributed by atoms with Gasteiger partial charge in [-0.05, 0) is 12.1 Å². The minimum atomic E-state index is 0.284. The molecule has 3 aromatic rings. The van der Waals surface area contributed by atoms with E-state index in [1.807, 2.05) is 6.07 Å². The topological polar surface area (TPSA) is 56.7 Å². The fraction of sp³-hybridized carbons (Fsp3) is 0. The summed E-state index contributed by atoms with van der Waals surface area (Å²) in [6, 6.07) is 3.56. The Hall–Kier alpha value is -1.49. The van der Waals surface area contributed by atoms with Crippen LogP contribution in [0.1, 0.15) is 0 Å². The molecule has 3 heterocycles. The van der Waals surface area contributed by atoms with Gasteiger partial charge in [-0.3, -0.25) is 4.57 Å². The van der Waals surface area contributed by atoms with E-state index in [9.17, 15) is 0 Å². The molecule has 0 unspecified atom stereocenters. The molecule has 0 atom stereocenters. The molecule has 0 radical (unpaired) electrons. The summed E-state index contributed by atoms with van der Waals surface area (Å²) in [5.41, 5.74) is 6.74. The Labute approximate surface area is 123 Å². The number of nitrogen functional groups attached to an aromatic ring is 1. The number of pyridine rings is 2. The molecule has 0 bridgehead atoms. The minimum Gasteiger partial charge on any atom is -0.396 e. The normalized spacial score (nSPS) is 11.1. The van der Waals surface area contributed by atoms with E-state index in [2.05, 4.69) is 9.97 Å². The Morgan fingerprint density at radius 3 is 2.63 bits per heavy atom. The number of hydrogen-bond acceptors (Lipinski definition) is 3. The number of nitrogens with zero attached hydrogens (tertiary/aromatic N) is 3. The maximum absolute atomic E-state index is 6.18. The van der Waals surface area contributed by atoms with Gasteiger partial charge in [0.25, 0.3) is 0 Å². The van der Waals surface area contributed by atoms with E-state index in [1.165, 1.54) is 6.20 Å². The molecule has 0 amide bonds. The van der Waals surface area contributed by atoms with E-state index < -0.39 is 0 Å². The second-order valence-corrected chi connectivity index (χ2v) is 5.07. The van der Waals surface area contributed by atoms with Gasteiger partial charge in [0.2, 0.25) is 0 Å². The zero-order valence-corrected chi connectivity index (χ0v) is 11.7. The van der Waals surface area contributed by atoms with Crippen LogP contribution in [0.4, 0.5) is 5.69 Å². The van der Waals surface area contributed by atoms with Gasteiger partial charge in [0.15, 0.2) is 5.82 Å². The zero-order chi connectivity index (χ0) is 13.6. The summed E-state index contributed by atoms with van der Waals surface area (Å²) in [5.74, 6) is 0.466. The van der Waals surface area contributed by atoms with Crippen LogP contribution in [-0.2, 0) is 0 Å². The molecule has 0 spiro atoms. The first-order valence-corrected chi connectivity index (χ1v) is 6.44. The average molecular weight is 314 g/mol. The van der Waals surface area contributed by atoms with Crippen molar-refractivity contribution >= 4 is 51.5 Å². The molecule has 0 aromatic carbocycles. The van der Waals surface area contributed by atoms with Crippen LogP contribution in [0.15, 0.2) is 30.7 Å². The summed E-state index contributed by atoms with van der Waals surface area (Å²) in [6.45, 7) is 0. The van der Waals surface area contributed by atoms with Gasteiger partial charge in [-0.15, -0.1) is 0 Å². The lowest BCUT2D eigenvalue weighted by molar-refractivity contribution is 1.02. The zero-order valence-electron chi connectivity index (χ0n) is 9.44. The van der Waals surface area contributed by atoms with E-state index in [-0.39, 0.29) is 10.7 Å². The van der Waals surface area contributed by atoms with Crippen molar-refractivity contribution in [3.8, 4) is 5.82 Å². The molecule has 0 saturated heterocycles. The number of halogens is 3. The summed E-state index contributed by atoms with van der Waals surface area (Å²) in [4.78, 5) is 8.47. The maximum Gasteiger partial charge on any atom is 0.159 e. The summed E-state index contributed by atoms with van der Waals surface area (Å²) in [6.07, 6.45) is 4.86. The van der Waals surface area contributed by atoms with Gasteiger partial charge in [-0.2, -0.15) is 0 Å². The van der Waals surface area contributed by atoms with Crippen LogP contribution < -0.4 is 5.73 Å². The third-order valence-electron chi connectivity index (χ3n) is 2.75. The first kappa shape index (κ1) is 12.5. The van der Waals surface area contributed by atoms with Crippen LogP contribution in [0, 0.1) is 0 Å². The van der Waals surface area contributed by atoms with Crippen LogP contribution in [-0.4, -0.2) is 14.5 Å². The lowest BCUT2D eigenvalue weighted by Crippen LogP contribution is -2.01. The molecule has 7 heteroatoms. The highest BCUT2D eigenvalue weighted by molar-refractivity contribution is 6.39. The maximum atomic E-state index is 6.18. The monoisotopic (exact) mass is 312 g/mol. The third-order valence-corrected chi connectivity index (χ3v) is 3.76. The van der Waals surface area contributed by atoms with Crippen LogP contribution in [0.5, 0.6) is 0 Å². The van der Waals surface area contributed by atoms with Crippen molar-refractivity contribution in [3.63, 3.8) is 0 Å². The fourth-order valence-electron chi connectivity index (χ4n) is 1.81. The second-order valence-electron chi connectivity index (χ2n) is 3.87. The molecule has 3 aromatic heterocycles. The number of aromatic nitrogens is 3. The fourth-order valence-corrected chi connectivity index (χ4v) is 2.45. The van der Waals surface area contributed by atoms with Gasteiger partial charge in [0.1, 0.15) is 10.7 Å². The molecule has 0 aliphatic heterocycles. The molecular formula is C12H7Cl3N4. The summed E-state index contributed by atoms with van der Waals surface area (Å²) in [5, 5.41) is 2.03. The van der Waals surface area contributed by atoms with Crippen molar-refractivity contribution in [2.45, 2.75) is 0 Å². The molecule has 0 aliphatic rings. The summed E-state index contributed by atoms with van der Waals surface area (Å²) < 4.78 is 1.72. The minimum absolute atomic E-state index is 0.284. The van der Waals surface area contributed by atoms with E-state index in [4.69, 9.17) is 40.5 Å². The number of anilines is 1. The predicted molar refractivity (Wildman–Crippen MR) is 78.3 cm³/mol. The largest absolute Gasteiger partial charge is 0.396 e. The molecule has 0 aliphatic carbocycles. The Kier molecular flexibility index (Phi) is 3.01. The van der Waals surface area contributed by atoms with Crippen LogP contribution in [0.2, 0.25) is 15.1 Å². The second kappa shape index (κ2) is 4.56. The number of fused-ring (bicyclic) bond motifs is 1. The molecule has 0 saturated carbocycles. The van der Waals surface area contributed by atoms with Gasteiger partial charge >= 0.3 is 0 Å². The molecule has 19 heavy (non-hydrogen) atoms. The van der Waals surface area contributed by atoms with Crippen molar-refractivity contribution in [3.05, 3.63) is 45.8 Å². The Morgan fingerprint density at radius 2 is 1.84 bits per heavy atom. The van der Waals surface area contributed by atoms with Crippen molar-refractivity contribution in [2.24, 2.45) is 0 Å². The Balaban J connectivity index is 2.31. The SMILES string of the molecule is Nc1c(Cl)cnc(-n2ccc3c(Cl)ccnc32)c1Cl. The molecule has 96 valence electrons. The molecular weight excluding hydrogens is 307 g/mol. The van der Waals surface area contributed by atoms with Gasteiger partial charge in [0.05, 0.1) is 21.9 Å². The van der Waals surface area contributed by atoms with Gasteiger partial charge in [-0.25, -0.2) is 9.97 Å². The first-order chi connectivity index (χ1) is 9.09. The van der Waals surface area contributed by atoms with Crippen molar-refractivity contribution in [2.75, 3.05) is 5.73 Å². The van der Waals surface area contributed by atoms with Crippen molar-refractivity contribution in [1.29, 1.82) is 0 Å². The van der Waals surface area contributed by atoms with Crippen LogP contribution >= 0.6 is 34.8 Å². The van der Waals surface area contributed by atoms with E-state index in [1.54, 1.807) is 23.0 Å². The third kappa shape index (κ3) is 1.92. The average Bonchev–Trinajstić information content (AvgIpc) is 2.82. The molecule has 0 fully saturated rings. The van der Waals surface area contributed by atoms with Crippen LogP contribution in [0.25, 0.3) is 16.9 Å². The lowest BCUT2D eigenvalue weighted by Gasteiger charge is -2.09.